The van der Waals surface area contributed by atoms with Crippen LogP contribution in [-0.4, -0.2) is 56.8 Å². The Morgan fingerprint density at radius 2 is 1.68 bits per heavy atom. The van der Waals surface area contributed by atoms with E-state index in [1.165, 1.54) is 7.11 Å². The fourth-order valence-electron chi connectivity index (χ4n) is 3.43. The van der Waals surface area contributed by atoms with Crippen molar-refractivity contribution >= 4 is 13.1 Å². The van der Waals surface area contributed by atoms with E-state index < -0.39 is 42.9 Å². The molecule has 192 valence electrons. The van der Waals surface area contributed by atoms with E-state index in [9.17, 15) is 13.6 Å². The highest BCUT2D eigenvalue weighted by molar-refractivity contribution is 6.45. The standard InChI is InChI=1S/C24H37BF2O7/c1-22(2,3)32-21(28)19-17(13-30-14-18(26)27)10-9-16(20(19)31-15-29-8)11-12-25-33-23(4,5)24(6,7)34-25/h9-10,18H,11-15H2,1-8H3. The minimum absolute atomic E-state index is 0.110. The SMILES string of the molecule is COCOc1c(CCB2OC(C)(C)C(C)(C)O2)ccc(COCC(F)F)c1C(=O)OC(C)(C)C. The normalized spacial score (nSPS) is 17.3. The fraction of sp³-hybridized carbons (Fsp3) is 0.708. The third-order valence-electron chi connectivity index (χ3n) is 5.70. The molecule has 0 bridgehead atoms. The molecule has 0 aliphatic carbocycles. The van der Waals surface area contributed by atoms with Gasteiger partial charge in [-0.15, -0.1) is 0 Å². The monoisotopic (exact) mass is 486 g/mol. The van der Waals surface area contributed by atoms with E-state index in [1.54, 1.807) is 32.9 Å². The number of benzene rings is 1. The molecule has 1 fully saturated rings. The summed E-state index contributed by atoms with van der Waals surface area (Å²) in [5.74, 6) is -0.363. The van der Waals surface area contributed by atoms with E-state index in [1.807, 2.05) is 27.7 Å². The van der Waals surface area contributed by atoms with Crippen LogP contribution in [0.2, 0.25) is 6.32 Å². The maximum absolute atomic E-state index is 13.1. The first kappa shape index (κ1) is 28.5. The van der Waals surface area contributed by atoms with Crippen LogP contribution in [0.1, 0.15) is 70.0 Å². The largest absolute Gasteiger partial charge is 0.466 e. The van der Waals surface area contributed by atoms with Crippen LogP contribution in [0.4, 0.5) is 8.78 Å². The Morgan fingerprint density at radius 3 is 2.21 bits per heavy atom. The van der Waals surface area contributed by atoms with Gasteiger partial charge in [-0.2, -0.15) is 0 Å². The second kappa shape index (κ2) is 11.3. The lowest BCUT2D eigenvalue weighted by Gasteiger charge is -2.32. The summed E-state index contributed by atoms with van der Waals surface area (Å²) in [6.07, 6.45) is -1.62. The minimum atomic E-state index is -2.62. The Kier molecular flexibility index (Phi) is 9.49. The van der Waals surface area contributed by atoms with Crippen LogP contribution in [0.25, 0.3) is 0 Å². The van der Waals surface area contributed by atoms with E-state index in [0.29, 0.717) is 23.9 Å². The Morgan fingerprint density at radius 1 is 1.09 bits per heavy atom. The third-order valence-corrected chi connectivity index (χ3v) is 5.70. The van der Waals surface area contributed by atoms with Gasteiger partial charge >= 0.3 is 13.1 Å². The van der Waals surface area contributed by atoms with Crippen LogP contribution in [0.5, 0.6) is 5.75 Å². The van der Waals surface area contributed by atoms with Crippen molar-refractivity contribution in [1.82, 2.24) is 0 Å². The fourth-order valence-corrected chi connectivity index (χ4v) is 3.43. The molecule has 0 radical (unpaired) electrons. The van der Waals surface area contributed by atoms with Gasteiger partial charge in [-0.05, 0) is 72.3 Å². The highest BCUT2D eigenvalue weighted by Crippen LogP contribution is 2.39. The predicted octanol–water partition coefficient (Wildman–Crippen LogP) is 5.04. The molecule has 0 atom stereocenters. The number of carbonyl (C=O) groups is 1. The number of esters is 1. The average molecular weight is 486 g/mol. The summed E-state index contributed by atoms with van der Waals surface area (Å²) >= 11 is 0. The van der Waals surface area contributed by atoms with Gasteiger partial charge < -0.3 is 28.3 Å². The number of hydrogen-bond donors (Lipinski definition) is 0. The van der Waals surface area contributed by atoms with Crippen LogP contribution in [0, 0.1) is 0 Å². The van der Waals surface area contributed by atoms with Crippen molar-refractivity contribution in [3.05, 3.63) is 28.8 Å². The van der Waals surface area contributed by atoms with E-state index in [-0.39, 0.29) is 24.7 Å². The molecular formula is C24H37BF2O7. The van der Waals surface area contributed by atoms with Gasteiger partial charge in [0.25, 0.3) is 6.43 Å². The van der Waals surface area contributed by atoms with E-state index in [2.05, 4.69) is 0 Å². The number of carbonyl (C=O) groups excluding carboxylic acids is 1. The molecule has 0 N–H and O–H groups in total. The van der Waals surface area contributed by atoms with Crippen molar-refractivity contribution in [2.24, 2.45) is 0 Å². The van der Waals surface area contributed by atoms with Crippen molar-refractivity contribution in [2.75, 3.05) is 20.5 Å². The molecule has 0 amide bonds. The van der Waals surface area contributed by atoms with Crippen molar-refractivity contribution in [3.63, 3.8) is 0 Å². The van der Waals surface area contributed by atoms with Gasteiger partial charge in [0, 0.05) is 7.11 Å². The summed E-state index contributed by atoms with van der Waals surface area (Å²) in [7, 11) is 1.03. The van der Waals surface area contributed by atoms with E-state index in [4.69, 9.17) is 28.3 Å². The first-order chi connectivity index (χ1) is 15.7. The van der Waals surface area contributed by atoms with Gasteiger partial charge in [0.05, 0.1) is 17.8 Å². The Labute approximate surface area is 201 Å². The number of aryl methyl sites for hydroxylation is 1. The summed E-state index contributed by atoms with van der Waals surface area (Å²) in [6.45, 7) is 12.1. The maximum Gasteiger partial charge on any atom is 0.458 e. The zero-order valence-corrected chi connectivity index (χ0v) is 21.5. The van der Waals surface area contributed by atoms with E-state index in [0.717, 1.165) is 0 Å². The summed E-state index contributed by atoms with van der Waals surface area (Å²) in [6, 6.07) is 3.45. The van der Waals surface area contributed by atoms with Crippen LogP contribution in [0.15, 0.2) is 12.1 Å². The predicted molar refractivity (Wildman–Crippen MR) is 124 cm³/mol. The Bertz CT molecular complexity index is 821. The van der Waals surface area contributed by atoms with E-state index >= 15 is 0 Å². The highest BCUT2D eigenvalue weighted by atomic mass is 19.3. The quantitative estimate of drug-likeness (QED) is 0.247. The Hall–Kier alpha value is -1.75. The molecule has 0 unspecified atom stereocenters. The molecule has 1 saturated heterocycles. The molecule has 7 nitrogen and oxygen atoms in total. The molecule has 0 spiro atoms. The van der Waals surface area contributed by atoms with Crippen molar-refractivity contribution < 1.29 is 41.8 Å². The van der Waals surface area contributed by atoms with Gasteiger partial charge in [0.15, 0.2) is 6.79 Å². The second-order valence-corrected chi connectivity index (χ2v) is 10.3. The van der Waals surface area contributed by atoms with Crippen molar-refractivity contribution in [2.45, 2.75) is 91.0 Å². The molecule has 10 heteroatoms. The number of alkyl halides is 2. The summed E-state index contributed by atoms with van der Waals surface area (Å²) in [5, 5.41) is 0. The molecule has 2 rings (SSSR count). The average Bonchev–Trinajstić information content (AvgIpc) is 2.89. The van der Waals surface area contributed by atoms with Crippen LogP contribution >= 0.6 is 0 Å². The van der Waals surface area contributed by atoms with Gasteiger partial charge in [0.1, 0.15) is 23.5 Å². The summed E-state index contributed by atoms with van der Waals surface area (Å²) in [4.78, 5) is 13.1. The smallest absolute Gasteiger partial charge is 0.458 e. The number of ether oxygens (including phenoxy) is 4. The van der Waals surface area contributed by atoms with Gasteiger partial charge in [-0.25, -0.2) is 13.6 Å². The number of halogens is 2. The molecule has 1 aromatic carbocycles. The molecule has 0 saturated carbocycles. The molecule has 1 heterocycles. The zero-order chi connectivity index (χ0) is 25.7. The molecule has 1 aromatic rings. The molecule has 0 aromatic heterocycles. The number of hydrogen-bond acceptors (Lipinski definition) is 7. The second-order valence-electron chi connectivity index (χ2n) is 10.3. The molecule has 1 aliphatic rings. The first-order valence-corrected chi connectivity index (χ1v) is 11.4. The van der Waals surface area contributed by atoms with Crippen molar-refractivity contribution in [3.8, 4) is 5.75 Å². The summed E-state index contributed by atoms with van der Waals surface area (Å²) in [5.41, 5.74) is -0.449. The lowest BCUT2D eigenvalue weighted by atomic mass is 9.81. The van der Waals surface area contributed by atoms with Gasteiger partial charge in [-0.3, -0.25) is 0 Å². The number of rotatable bonds is 11. The van der Waals surface area contributed by atoms with Gasteiger partial charge in [0.2, 0.25) is 0 Å². The highest BCUT2D eigenvalue weighted by Gasteiger charge is 2.50. The Balaban J connectivity index is 2.37. The topological polar surface area (TPSA) is 72.5 Å². The van der Waals surface area contributed by atoms with Crippen LogP contribution in [0.3, 0.4) is 0 Å². The van der Waals surface area contributed by atoms with Gasteiger partial charge in [-0.1, -0.05) is 12.1 Å². The van der Waals surface area contributed by atoms with Crippen LogP contribution in [-0.2, 0) is 36.5 Å². The molecule has 1 aliphatic heterocycles. The van der Waals surface area contributed by atoms with Crippen LogP contribution < -0.4 is 4.74 Å². The maximum atomic E-state index is 13.1. The molecular weight excluding hydrogens is 449 g/mol. The minimum Gasteiger partial charge on any atom is -0.466 e. The zero-order valence-electron chi connectivity index (χ0n) is 21.5. The van der Waals surface area contributed by atoms with Crippen molar-refractivity contribution in [1.29, 1.82) is 0 Å². The number of methoxy groups -OCH3 is 1. The third kappa shape index (κ3) is 7.63. The first-order valence-electron chi connectivity index (χ1n) is 11.4. The molecule has 34 heavy (non-hydrogen) atoms. The lowest BCUT2D eigenvalue weighted by molar-refractivity contribution is 0.00214. The lowest BCUT2D eigenvalue weighted by Crippen LogP contribution is -2.41. The summed E-state index contributed by atoms with van der Waals surface area (Å²) < 4.78 is 58.9.